The van der Waals surface area contributed by atoms with E-state index in [2.05, 4.69) is 0 Å². The highest BCUT2D eigenvalue weighted by atomic mass is 19.1. The Balaban J connectivity index is 3.03. The van der Waals surface area contributed by atoms with Crippen molar-refractivity contribution in [2.45, 2.75) is 12.2 Å². The Morgan fingerprint density at radius 3 is 2.60 bits per heavy atom. The molecule has 78 valence electrons. The first-order valence-electron chi connectivity index (χ1n) is 4.10. The molecule has 0 aliphatic carbocycles. The van der Waals surface area contributed by atoms with Gasteiger partial charge in [0.15, 0.2) is 12.4 Å². The van der Waals surface area contributed by atoms with E-state index in [1.807, 2.05) is 0 Å². The van der Waals surface area contributed by atoms with Crippen LogP contribution in [0.1, 0.15) is 22.0 Å². The van der Waals surface area contributed by atoms with Crippen molar-refractivity contribution in [1.29, 1.82) is 5.26 Å². The quantitative estimate of drug-likeness (QED) is 0.562. The summed E-state index contributed by atoms with van der Waals surface area (Å²) in [7, 11) is 0. The van der Waals surface area contributed by atoms with Gasteiger partial charge in [0, 0.05) is 0 Å². The molecule has 2 N–H and O–H groups in total. The van der Waals surface area contributed by atoms with Crippen LogP contribution in [-0.4, -0.2) is 22.6 Å². The van der Waals surface area contributed by atoms with Crippen LogP contribution >= 0.6 is 0 Å². The summed E-state index contributed by atoms with van der Waals surface area (Å²) in [5.74, 6) is -0.799. The fourth-order valence-electron chi connectivity index (χ4n) is 1.08. The molecular weight excluding hydrogens is 201 g/mol. The molecule has 0 aromatic heterocycles. The third-order valence-electron chi connectivity index (χ3n) is 1.92. The molecule has 1 aromatic rings. The Morgan fingerprint density at radius 2 is 2.13 bits per heavy atom. The Bertz CT molecular complexity index is 414. The molecule has 0 amide bonds. The molecule has 0 radical (unpaired) electrons. The van der Waals surface area contributed by atoms with Gasteiger partial charge in [-0.05, 0) is 17.7 Å². The lowest BCUT2D eigenvalue weighted by molar-refractivity contribution is 0.0526. The van der Waals surface area contributed by atoms with Crippen molar-refractivity contribution < 1.29 is 19.4 Å². The molecule has 0 saturated carbocycles. The summed E-state index contributed by atoms with van der Waals surface area (Å²) in [6.45, 7) is 0. The van der Waals surface area contributed by atoms with Crippen LogP contribution in [0.4, 0.5) is 4.39 Å². The molecule has 2 atom stereocenters. The van der Waals surface area contributed by atoms with Crippen molar-refractivity contribution in [2.75, 3.05) is 0 Å². The molecular formula is C10H8FNO3. The summed E-state index contributed by atoms with van der Waals surface area (Å²) >= 11 is 0. The van der Waals surface area contributed by atoms with Crippen molar-refractivity contribution in [2.24, 2.45) is 0 Å². The predicted octanol–water partition coefficient (Wildman–Crippen LogP) is 0.556. The minimum atomic E-state index is -1.62. The molecule has 1 rings (SSSR count). The number of nitriles is 1. The van der Waals surface area contributed by atoms with E-state index in [1.165, 1.54) is 18.2 Å². The Morgan fingerprint density at radius 1 is 1.47 bits per heavy atom. The van der Waals surface area contributed by atoms with Crippen molar-refractivity contribution in [1.82, 2.24) is 0 Å². The second-order valence-corrected chi connectivity index (χ2v) is 2.92. The predicted molar refractivity (Wildman–Crippen MR) is 48.4 cm³/mol. The standard InChI is InChI=1S/C10H8FNO3/c11-8-3-6(1-2-7(8)5-13)10(15)9(14)4-12/h1-3,5,9-10,14-15H. The van der Waals surface area contributed by atoms with Gasteiger partial charge in [-0.25, -0.2) is 4.39 Å². The SMILES string of the molecule is N#CC(O)C(O)c1ccc(C=O)c(F)c1. The molecule has 0 saturated heterocycles. The van der Waals surface area contributed by atoms with E-state index < -0.39 is 18.0 Å². The zero-order valence-corrected chi connectivity index (χ0v) is 7.59. The monoisotopic (exact) mass is 209 g/mol. The molecule has 0 spiro atoms. The van der Waals surface area contributed by atoms with E-state index in [-0.39, 0.29) is 11.1 Å². The molecule has 1 aromatic carbocycles. The third-order valence-corrected chi connectivity index (χ3v) is 1.92. The number of aliphatic hydroxyl groups is 2. The second kappa shape index (κ2) is 4.64. The maximum atomic E-state index is 13.1. The topological polar surface area (TPSA) is 81.3 Å². The summed E-state index contributed by atoms with van der Waals surface area (Å²) < 4.78 is 13.1. The van der Waals surface area contributed by atoms with Crippen LogP contribution in [0.2, 0.25) is 0 Å². The first kappa shape index (κ1) is 11.3. The van der Waals surface area contributed by atoms with Crippen LogP contribution in [0.15, 0.2) is 18.2 Å². The number of aliphatic hydroxyl groups excluding tert-OH is 2. The fraction of sp³-hybridized carbons (Fsp3) is 0.200. The number of hydrogen-bond donors (Lipinski definition) is 2. The first-order valence-corrected chi connectivity index (χ1v) is 4.10. The average Bonchev–Trinajstić information content (AvgIpc) is 2.26. The Labute approximate surface area is 85.2 Å². The first-order chi connectivity index (χ1) is 7.10. The van der Waals surface area contributed by atoms with Crippen molar-refractivity contribution in [3.05, 3.63) is 35.1 Å². The number of aldehydes is 1. The van der Waals surface area contributed by atoms with Crippen LogP contribution in [0, 0.1) is 17.1 Å². The Hall–Kier alpha value is -1.77. The molecule has 0 aliphatic heterocycles. The van der Waals surface area contributed by atoms with Crippen LogP contribution < -0.4 is 0 Å². The zero-order valence-electron chi connectivity index (χ0n) is 7.59. The van der Waals surface area contributed by atoms with Gasteiger partial charge in [0.05, 0.1) is 11.6 Å². The minimum absolute atomic E-state index is 0.0483. The maximum absolute atomic E-state index is 13.1. The van der Waals surface area contributed by atoms with Crippen LogP contribution in [0.25, 0.3) is 0 Å². The van der Waals surface area contributed by atoms with Gasteiger partial charge >= 0.3 is 0 Å². The number of rotatable bonds is 3. The highest BCUT2D eigenvalue weighted by Gasteiger charge is 2.18. The molecule has 5 heteroatoms. The summed E-state index contributed by atoms with van der Waals surface area (Å²) in [5.41, 5.74) is -0.0930. The normalized spacial score (nSPS) is 14.0. The van der Waals surface area contributed by atoms with E-state index in [0.29, 0.717) is 6.29 Å². The largest absolute Gasteiger partial charge is 0.385 e. The van der Waals surface area contributed by atoms with Crippen LogP contribution in [0.5, 0.6) is 0 Å². The number of benzene rings is 1. The van der Waals surface area contributed by atoms with E-state index in [0.717, 1.165) is 6.07 Å². The molecule has 2 unspecified atom stereocenters. The number of carbonyl (C=O) groups is 1. The molecule has 0 bridgehead atoms. The van der Waals surface area contributed by atoms with E-state index in [4.69, 9.17) is 10.4 Å². The van der Waals surface area contributed by atoms with Crippen molar-refractivity contribution in [3.63, 3.8) is 0 Å². The molecule has 15 heavy (non-hydrogen) atoms. The number of carbonyl (C=O) groups excluding carboxylic acids is 1. The lowest BCUT2D eigenvalue weighted by atomic mass is 10.0. The van der Waals surface area contributed by atoms with Gasteiger partial charge in [-0.3, -0.25) is 4.79 Å². The van der Waals surface area contributed by atoms with E-state index in [1.54, 1.807) is 0 Å². The van der Waals surface area contributed by atoms with Gasteiger partial charge in [-0.1, -0.05) is 6.07 Å². The van der Waals surface area contributed by atoms with Gasteiger partial charge in [0.1, 0.15) is 11.9 Å². The summed E-state index contributed by atoms with van der Waals surface area (Å²) in [5, 5.41) is 26.7. The highest BCUT2D eigenvalue weighted by molar-refractivity contribution is 5.75. The fourth-order valence-corrected chi connectivity index (χ4v) is 1.08. The highest BCUT2D eigenvalue weighted by Crippen LogP contribution is 2.18. The van der Waals surface area contributed by atoms with Crippen LogP contribution in [-0.2, 0) is 0 Å². The summed E-state index contributed by atoms with van der Waals surface area (Å²) in [4.78, 5) is 10.3. The zero-order chi connectivity index (χ0) is 11.4. The molecule has 0 heterocycles. The number of halogens is 1. The third kappa shape index (κ3) is 2.37. The smallest absolute Gasteiger partial charge is 0.170 e. The van der Waals surface area contributed by atoms with Gasteiger partial charge in [0.2, 0.25) is 0 Å². The number of hydrogen-bond acceptors (Lipinski definition) is 4. The van der Waals surface area contributed by atoms with Gasteiger partial charge in [-0.2, -0.15) is 5.26 Å². The Kier molecular flexibility index (Phi) is 3.50. The molecule has 0 fully saturated rings. The lowest BCUT2D eigenvalue weighted by Crippen LogP contribution is -2.16. The number of nitrogens with zero attached hydrogens (tertiary/aromatic N) is 1. The second-order valence-electron chi connectivity index (χ2n) is 2.92. The molecule has 4 nitrogen and oxygen atoms in total. The van der Waals surface area contributed by atoms with E-state index >= 15 is 0 Å². The van der Waals surface area contributed by atoms with Crippen molar-refractivity contribution >= 4 is 6.29 Å². The molecule has 0 aliphatic rings. The summed E-state index contributed by atoms with van der Waals surface area (Å²) in [6, 6.07) is 4.78. The van der Waals surface area contributed by atoms with Gasteiger partial charge < -0.3 is 10.2 Å². The summed E-state index contributed by atoms with van der Waals surface area (Å²) in [6.07, 6.45) is -2.76. The van der Waals surface area contributed by atoms with Gasteiger partial charge in [-0.15, -0.1) is 0 Å². The lowest BCUT2D eigenvalue weighted by Gasteiger charge is -2.12. The van der Waals surface area contributed by atoms with Crippen molar-refractivity contribution in [3.8, 4) is 6.07 Å². The van der Waals surface area contributed by atoms with Gasteiger partial charge in [0.25, 0.3) is 0 Å². The van der Waals surface area contributed by atoms with Crippen LogP contribution in [0.3, 0.4) is 0 Å². The average molecular weight is 209 g/mol. The maximum Gasteiger partial charge on any atom is 0.170 e. The van der Waals surface area contributed by atoms with E-state index in [9.17, 15) is 14.3 Å². The minimum Gasteiger partial charge on any atom is -0.385 e.